The summed E-state index contributed by atoms with van der Waals surface area (Å²) in [5, 5.41) is 3.23. The lowest BCUT2D eigenvalue weighted by atomic mass is 9.93. The summed E-state index contributed by atoms with van der Waals surface area (Å²) < 4.78 is 5.59. The van der Waals surface area contributed by atoms with E-state index < -0.39 is 5.54 Å². The zero-order valence-electron chi connectivity index (χ0n) is 10.4. The van der Waals surface area contributed by atoms with Crippen LogP contribution in [0.5, 0.6) is 0 Å². The maximum Gasteiger partial charge on any atom is 0.240 e. The summed E-state index contributed by atoms with van der Waals surface area (Å²) >= 11 is 0. The van der Waals surface area contributed by atoms with Crippen LogP contribution in [0, 0.1) is 5.92 Å². The molecule has 1 rings (SSSR count). The Balaban J connectivity index is 2.50. The molecule has 16 heavy (non-hydrogen) atoms. The lowest BCUT2D eigenvalue weighted by molar-refractivity contribution is -0.128. The first-order chi connectivity index (χ1) is 7.67. The molecule has 1 unspecified atom stereocenters. The third-order valence-corrected chi connectivity index (χ3v) is 3.18. The molecule has 1 saturated carbocycles. The zero-order chi connectivity index (χ0) is 12.0. The van der Waals surface area contributed by atoms with Crippen molar-refractivity contribution in [2.45, 2.75) is 45.1 Å². The van der Waals surface area contributed by atoms with Gasteiger partial charge in [-0.2, -0.15) is 0 Å². The second-order valence-corrected chi connectivity index (χ2v) is 4.55. The number of hydrogen-bond donors (Lipinski definition) is 2. The van der Waals surface area contributed by atoms with Crippen molar-refractivity contribution < 1.29 is 9.53 Å². The lowest BCUT2D eigenvalue weighted by Crippen LogP contribution is -2.60. The highest BCUT2D eigenvalue weighted by atomic mass is 16.5. The van der Waals surface area contributed by atoms with Crippen LogP contribution in [0.2, 0.25) is 0 Å². The van der Waals surface area contributed by atoms with Gasteiger partial charge >= 0.3 is 0 Å². The summed E-state index contributed by atoms with van der Waals surface area (Å²) in [6, 6.07) is 0. The van der Waals surface area contributed by atoms with Crippen LogP contribution in [0.4, 0.5) is 0 Å². The Hall–Kier alpha value is -0.610. The molecule has 0 aromatic carbocycles. The smallest absolute Gasteiger partial charge is 0.240 e. The molecule has 1 aliphatic rings. The van der Waals surface area contributed by atoms with Gasteiger partial charge in [-0.1, -0.05) is 20.3 Å². The van der Waals surface area contributed by atoms with Crippen LogP contribution in [-0.4, -0.2) is 31.2 Å². The Kier molecular flexibility index (Phi) is 5.22. The third kappa shape index (κ3) is 3.19. The van der Waals surface area contributed by atoms with Crippen molar-refractivity contribution in [2.75, 3.05) is 19.8 Å². The number of carbonyl (C=O) groups excluding carboxylic acids is 1. The number of ether oxygens (including phenoxy) is 1. The molecule has 94 valence electrons. The molecule has 0 saturated heterocycles. The predicted molar refractivity (Wildman–Crippen MR) is 64.1 cm³/mol. The first-order valence-electron chi connectivity index (χ1n) is 6.30. The second kappa shape index (κ2) is 6.21. The monoisotopic (exact) mass is 228 g/mol. The molecular formula is C12H24N2O2. The molecule has 1 amide bonds. The van der Waals surface area contributed by atoms with Gasteiger partial charge in [0, 0.05) is 6.61 Å². The number of rotatable bonds is 9. The van der Waals surface area contributed by atoms with Gasteiger partial charge in [-0.3, -0.25) is 4.79 Å². The number of amides is 1. The van der Waals surface area contributed by atoms with Crippen molar-refractivity contribution in [3.05, 3.63) is 0 Å². The van der Waals surface area contributed by atoms with E-state index >= 15 is 0 Å². The summed E-state index contributed by atoms with van der Waals surface area (Å²) in [7, 11) is 0. The van der Waals surface area contributed by atoms with Gasteiger partial charge in [0.05, 0.1) is 6.61 Å². The van der Waals surface area contributed by atoms with Gasteiger partial charge in [-0.25, -0.2) is 0 Å². The normalized spacial score (nSPS) is 19.4. The van der Waals surface area contributed by atoms with Crippen molar-refractivity contribution >= 4 is 5.91 Å². The van der Waals surface area contributed by atoms with Gasteiger partial charge in [0.1, 0.15) is 5.54 Å². The third-order valence-electron chi connectivity index (χ3n) is 3.18. The number of likely N-dealkylation sites (N-methyl/N-ethyl adjacent to an activating group) is 1. The fourth-order valence-electron chi connectivity index (χ4n) is 2.04. The van der Waals surface area contributed by atoms with Crippen LogP contribution in [0.15, 0.2) is 0 Å². The number of nitrogens with two attached hydrogens (primary N) is 1. The molecule has 0 aromatic rings. The summed E-state index contributed by atoms with van der Waals surface area (Å²) in [4.78, 5) is 11.6. The van der Waals surface area contributed by atoms with Crippen LogP contribution in [0.3, 0.4) is 0 Å². The van der Waals surface area contributed by atoms with E-state index in [9.17, 15) is 4.79 Å². The molecule has 0 radical (unpaired) electrons. The molecule has 4 nitrogen and oxygen atoms in total. The fourth-order valence-corrected chi connectivity index (χ4v) is 2.04. The molecule has 0 bridgehead atoms. The van der Waals surface area contributed by atoms with E-state index in [4.69, 9.17) is 10.5 Å². The van der Waals surface area contributed by atoms with Crippen LogP contribution in [0.1, 0.15) is 39.5 Å². The second-order valence-electron chi connectivity index (χ2n) is 4.55. The van der Waals surface area contributed by atoms with E-state index in [1.54, 1.807) is 0 Å². The number of carbonyl (C=O) groups is 1. The van der Waals surface area contributed by atoms with Crippen LogP contribution >= 0.6 is 0 Å². The average Bonchev–Trinajstić information content (AvgIpc) is 3.06. The Morgan fingerprint density at radius 3 is 2.62 bits per heavy atom. The highest BCUT2D eigenvalue weighted by Gasteiger charge is 2.49. The van der Waals surface area contributed by atoms with Crippen molar-refractivity contribution in [2.24, 2.45) is 11.7 Å². The first kappa shape index (κ1) is 13.5. The van der Waals surface area contributed by atoms with Crippen LogP contribution < -0.4 is 11.1 Å². The molecule has 0 spiro atoms. The minimum Gasteiger partial charge on any atom is -0.379 e. The Bertz CT molecular complexity index is 229. The minimum atomic E-state index is -0.623. The van der Waals surface area contributed by atoms with Gasteiger partial charge in [-0.05, 0) is 31.7 Å². The molecular weight excluding hydrogens is 204 g/mol. The van der Waals surface area contributed by atoms with Gasteiger partial charge < -0.3 is 15.8 Å². The molecule has 0 aliphatic heterocycles. The van der Waals surface area contributed by atoms with Crippen molar-refractivity contribution in [3.63, 3.8) is 0 Å². The Morgan fingerprint density at radius 2 is 2.19 bits per heavy atom. The highest BCUT2D eigenvalue weighted by Crippen LogP contribution is 2.39. The van der Waals surface area contributed by atoms with E-state index in [-0.39, 0.29) is 5.91 Å². The van der Waals surface area contributed by atoms with E-state index in [1.165, 1.54) is 0 Å². The van der Waals surface area contributed by atoms with E-state index in [0.29, 0.717) is 19.1 Å². The first-order valence-corrected chi connectivity index (χ1v) is 6.30. The maximum absolute atomic E-state index is 11.6. The van der Waals surface area contributed by atoms with Crippen LogP contribution in [-0.2, 0) is 9.53 Å². The number of hydrogen-bond acceptors (Lipinski definition) is 3. The SMILES string of the molecule is CCCCOCC(NCC)(C(N)=O)C1CC1. The van der Waals surface area contributed by atoms with E-state index in [1.807, 2.05) is 6.92 Å². The molecule has 4 heteroatoms. The van der Waals surface area contributed by atoms with Gasteiger partial charge in [0.15, 0.2) is 0 Å². The Labute approximate surface area is 97.9 Å². The van der Waals surface area contributed by atoms with Gasteiger partial charge in [0.25, 0.3) is 0 Å². The highest BCUT2D eigenvalue weighted by molar-refractivity contribution is 5.85. The van der Waals surface area contributed by atoms with Crippen LogP contribution in [0.25, 0.3) is 0 Å². The van der Waals surface area contributed by atoms with Gasteiger partial charge in [-0.15, -0.1) is 0 Å². The van der Waals surface area contributed by atoms with E-state index in [0.717, 1.165) is 32.2 Å². The number of primary amides is 1. The molecule has 0 aromatic heterocycles. The topological polar surface area (TPSA) is 64.3 Å². The standard InChI is InChI=1S/C12H24N2O2/c1-3-5-8-16-9-12(11(13)15,14-4-2)10-6-7-10/h10,14H,3-9H2,1-2H3,(H2,13,15). The largest absolute Gasteiger partial charge is 0.379 e. The molecule has 1 atom stereocenters. The van der Waals surface area contributed by atoms with Crippen molar-refractivity contribution in [1.29, 1.82) is 0 Å². The maximum atomic E-state index is 11.6. The molecule has 1 fully saturated rings. The number of nitrogens with one attached hydrogen (secondary N) is 1. The fraction of sp³-hybridized carbons (Fsp3) is 0.917. The zero-order valence-corrected chi connectivity index (χ0v) is 10.4. The van der Waals surface area contributed by atoms with E-state index in [2.05, 4.69) is 12.2 Å². The minimum absolute atomic E-state index is 0.270. The lowest BCUT2D eigenvalue weighted by Gasteiger charge is -2.31. The summed E-state index contributed by atoms with van der Waals surface area (Å²) in [6.45, 7) is 5.99. The number of unbranched alkanes of at least 4 members (excludes halogenated alkanes) is 1. The predicted octanol–water partition coefficient (Wildman–Crippen LogP) is 1.05. The summed E-state index contributed by atoms with van der Waals surface area (Å²) in [6.07, 6.45) is 4.29. The molecule has 0 heterocycles. The van der Waals surface area contributed by atoms with Crippen molar-refractivity contribution in [1.82, 2.24) is 5.32 Å². The van der Waals surface area contributed by atoms with Gasteiger partial charge in [0.2, 0.25) is 5.91 Å². The summed E-state index contributed by atoms with van der Waals surface area (Å²) in [5.41, 5.74) is 4.91. The van der Waals surface area contributed by atoms with Crippen molar-refractivity contribution in [3.8, 4) is 0 Å². The average molecular weight is 228 g/mol. The molecule has 3 N–H and O–H groups in total. The Morgan fingerprint density at radius 1 is 1.50 bits per heavy atom. The summed E-state index contributed by atoms with van der Waals surface area (Å²) in [5.74, 6) is 0.0972. The quantitative estimate of drug-likeness (QED) is 0.580. The molecule has 1 aliphatic carbocycles.